The summed E-state index contributed by atoms with van der Waals surface area (Å²) in [6.07, 6.45) is 3.78. The minimum Gasteiger partial charge on any atom is -0.508 e. The van der Waals surface area contributed by atoms with Gasteiger partial charge < -0.3 is 24.4 Å². The number of rotatable bonds is 11. The van der Waals surface area contributed by atoms with Crippen molar-refractivity contribution in [3.63, 3.8) is 0 Å². The van der Waals surface area contributed by atoms with Gasteiger partial charge in [0.25, 0.3) is 5.91 Å². The summed E-state index contributed by atoms with van der Waals surface area (Å²) in [4.78, 5) is 43.6. The number of benzene rings is 4. The molecule has 4 heterocycles. The molecule has 0 radical (unpaired) electrons. The molecule has 4 aromatic rings. The number of phenolic OH excluding ortho intramolecular Hbond substituents is 1. The SMILES string of the molecule is C[C@H]1Oc2cc(O)ccc2[C@H](c2ccc(OCCCCCN3CCN(c4ccc5c(c4)CN(C4CCC(=O)NC4=O)C5=O)CC3)cc2)[C@@H]1c1ccccc1. The first kappa shape index (κ1) is 35.7. The molecule has 1 unspecified atom stereocenters. The lowest BCUT2D eigenvalue weighted by Gasteiger charge is -2.39. The third-order valence-electron chi connectivity index (χ3n) is 11.6. The molecular formula is C44H48N4O6. The van der Waals surface area contributed by atoms with E-state index in [4.69, 9.17) is 9.47 Å². The summed E-state index contributed by atoms with van der Waals surface area (Å²) in [5, 5.41) is 12.5. The number of piperidine rings is 1. The van der Waals surface area contributed by atoms with Crippen molar-refractivity contribution >= 4 is 23.4 Å². The molecule has 0 aromatic heterocycles. The Bertz CT molecular complexity index is 1990. The molecule has 2 saturated heterocycles. The molecule has 280 valence electrons. The lowest BCUT2D eigenvalue weighted by atomic mass is 9.73. The molecule has 2 fully saturated rings. The fraction of sp³-hybridized carbons (Fsp3) is 0.386. The first-order valence-electron chi connectivity index (χ1n) is 19.3. The number of fused-ring (bicyclic) bond motifs is 2. The zero-order chi connectivity index (χ0) is 37.2. The van der Waals surface area contributed by atoms with E-state index in [0.717, 1.165) is 80.3 Å². The van der Waals surface area contributed by atoms with Crippen molar-refractivity contribution in [3.8, 4) is 17.2 Å². The Labute approximate surface area is 316 Å². The monoisotopic (exact) mass is 728 g/mol. The molecule has 3 amide bonds. The summed E-state index contributed by atoms with van der Waals surface area (Å²) in [6, 6.07) is 29.9. The molecule has 0 spiro atoms. The van der Waals surface area contributed by atoms with Crippen LogP contribution in [0.4, 0.5) is 5.69 Å². The van der Waals surface area contributed by atoms with Crippen LogP contribution >= 0.6 is 0 Å². The van der Waals surface area contributed by atoms with E-state index in [9.17, 15) is 19.5 Å². The molecule has 4 aliphatic rings. The van der Waals surface area contributed by atoms with E-state index in [0.29, 0.717) is 25.1 Å². The summed E-state index contributed by atoms with van der Waals surface area (Å²) in [5.74, 6) is 1.24. The summed E-state index contributed by atoms with van der Waals surface area (Å²) in [5.41, 5.74) is 6.21. The van der Waals surface area contributed by atoms with E-state index in [1.165, 1.54) is 11.1 Å². The van der Waals surface area contributed by atoms with Gasteiger partial charge >= 0.3 is 0 Å². The highest BCUT2D eigenvalue weighted by atomic mass is 16.5. The van der Waals surface area contributed by atoms with Gasteiger partial charge in [-0.05, 0) is 92.2 Å². The van der Waals surface area contributed by atoms with Gasteiger partial charge in [-0.25, -0.2) is 0 Å². The highest BCUT2D eigenvalue weighted by molar-refractivity contribution is 6.05. The number of imide groups is 1. The maximum atomic E-state index is 13.1. The zero-order valence-electron chi connectivity index (χ0n) is 30.8. The van der Waals surface area contributed by atoms with Crippen molar-refractivity contribution in [2.24, 2.45) is 0 Å². The predicted molar refractivity (Wildman–Crippen MR) is 206 cm³/mol. The van der Waals surface area contributed by atoms with Gasteiger partial charge in [0.2, 0.25) is 11.8 Å². The van der Waals surface area contributed by atoms with E-state index in [2.05, 4.69) is 76.6 Å². The number of piperazine rings is 1. The number of phenols is 1. The van der Waals surface area contributed by atoms with Crippen LogP contribution < -0.4 is 19.7 Å². The van der Waals surface area contributed by atoms with Crippen molar-refractivity contribution in [2.45, 2.75) is 69.6 Å². The first-order chi connectivity index (χ1) is 26.3. The molecular weight excluding hydrogens is 681 g/mol. The van der Waals surface area contributed by atoms with Crippen LogP contribution in [0, 0.1) is 0 Å². The van der Waals surface area contributed by atoms with Crippen molar-refractivity contribution in [2.75, 3.05) is 44.2 Å². The Morgan fingerprint density at radius 1 is 0.852 bits per heavy atom. The van der Waals surface area contributed by atoms with Crippen LogP contribution in [0.1, 0.15) is 83.5 Å². The fourth-order valence-corrected chi connectivity index (χ4v) is 8.71. The van der Waals surface area contributed by atoms with Gasteiger partial charge in [-0.3, -0.25) is 24.6 Å². The second-order valence-electron chi connectivity index (χ2n) is 15.0. The van der Waals surface area contributed by atoms with E-state index in [-0.39, 0.29) is 47.8 Å². The van der Waals surface area contributed by atoms with Crippen LogP contribution in [0.5, 0.6) is 17.2 Å². The molecule has 8 rings (SSSR count). The second-order valence-corrected chi connectivity index (χ2v) is 15.0. The van der Waals surface area contributed by atoms with Crippen molar-refractivity contribution < 1.29 is 29.0 Å². The predicted octanol–water partition coefficient (Wildman–Crippen LogP) is 6.22. The number of ether oxygens (including phenoxy) is 2. The van der Waals surface area contributed by atoms with Crippen LogP contribution in [0.3, 0.4) is 0 Å². The van der Waals surface area contributed by atoms with Gasteiger partial charge in [-0.15, -0.1) is 0 Å². The van der Waals surface area contributed by atoms with E-state index in [1.54, 1.807) is 17.0 Å². The van der Waals surface area contributed by atoms with Crippen LogP contribution in [0.25, 0.3) is 0 Å². The lowest BCUT2D eigenvalue weighted by molar-refractivity contribution is -0.136. The summed E-state index contributed by atoms with van der Waals surface area (Å²) < 4.78 is 12.5. The van der Waals surface area contributed by atoms with Crippen LogP contribution in [-0.2, 0) is 16.1 Å². The number of hydrogen-bond acceptors (Lipinski definition) is 8. The number of carbonyl (C=O) groups excluding carboxylic acids is 3. The smallest absolute Gasteiger partial charge is 0.255 e. The molecule has 54 heavy (non-hydrogen) atoms. The van der Waals surface area contributed by atoms with Gasteiger partial charge in [0.15, 0.2) is 0 Å². The van der Waals surface area contributed by atoms with E-state index < -0.39 is 6.04 Å². The maximum absolute atomic E-state index is 13.1. The molecule has 4 aromatic carbocycles. The molecule has 10 nitrogen and oxygen atoms in total. The lowest BCUT2D eigenvalue weighted by Crippen LogP contribution is -2.52. The van der Waals surface area contributed by atoms with Gasteiger partial charge in [0.1, 0.15) is 29.4 Å². The van der Waals surface area contributed by atoms with Gasteiger partial charge in [0, 0.05) is 73.9 Å². The van der Waals surface area contributed by atoms with Crippen LogP contribution in [-0.4, -0.2) is 84.1 Å². The Hall–Kier alpha value is -5.35. The summed E-state index contributed by atoms with van der Waals surface area (Å²) in [7, 11) is 0. The Kier molecular flexibility index (Phi) is 10.3. The average molecular weight is 729 g/mol. The minimum absolute atomic E-state index is 0.0640. The average Bonchev–Trinajstić information content (AvgIpc) is 3.51. The van der Waals surface area contributed by atoms with Crippen molar-refractivity contribution in [1.29, 1.82) is 0 Å². The standard InChI is InChI=1S/C44H48N4O6/c1-29-41(30-8-4-2-5-9-30)42(37-17-13-34(49)27-39(37)54-29)31-10-14-35(15-11-31)53-25-7-3-6-20-46-21-23-47(24-22-46)33-12-16-36-32(26-33)28-48(44(36)52)38-18-19-40(50)45-43(38)51/h2,4-5,8-17,26-27,29,38,41-42,49H,3,6-7,18-25,28H2,1H3,(H,45,50,51)/t29-,38?,41+,42+/m1/s1. The number of carbonyl (C=O) groups is 3. The summed E-state index contributed by atoms with van der Waals surface area (Å²) >= 11 is 0. The first-order valence-corrected chi connectivity index (χ1v) is 19.3. The maximum Gasteiger partial charge on any atom is 0.255 e. The van der Waals surface area contributed by atoms with Crippen molar-refractivity contribution in [3.05, 3.63) is 119 Å². The number of unbranched alkanes of at least 4 members (excludes halogenated alkanes) is 2. The number of amides is 3. The largest absolute Gasteiger partial charge is 0.508 e. The number of aromatic hydroxyl groups is 1. The topological polar surface area (TPSA) is 112 Å². The Morgan fingerprint density at radius 3 is 2.43 bits per heavy atom. The molecule has 0 aliphatic carbocycles. The van der Waals surface area contributed by atoms with Crippen LogP contribution in [0.15, 0.2) is 91.0 Å². The van der Waals surface area contributed by atoms with Crippen molar-refractivity contribution in [1.82, 2.24) is 15.1 Å². The zero-order valence-corrected chi connectivity index (χ0v) is 30.8. The normalized spacial score (nSPS) is 22.7. The number of anilines is 1. The third kappa shape index (κ3) is 7.40. The third-order valence-corrected chi connectivity index (χ3v) is 11.6. The Balaban J connectivity index is 0.782. The molecule has 0 saturated carbocycles. The fourth-order valence-electron chi connectivity index (χ4n) is 8.71. The molecule has 4 aliphatic heterocycles. The van der Waals surface area contributed by atoms with Gasteiger partial charge in [-0.2, -0.15) is 0 Å². The molecule has 0 bridgehead atoms. The molecule has 10 heteroatoms. The van der Waals surface area contributed by atoms with Gasteiger partial charge in [0.05, 0.1) is 6.61 Å². The van der Waals surface area contributed by atoms with E-state index >= 15 is 0 Å². The quantitative estimate of drug-likeness (QED) is 0.138. The summed E-state index contributed by atoms with van der Waals surface area (Å²) in [6.45, 7) is 8.08. The number of hydrogen-bond donors (Lipinski definition) is 2. The highest BCUT2D eigenvalue weighted by Gasteiger charge is 2.40. The number of nitrogens with one attached hydrogen (secondary N) is 1. The number of nitrogens with zero attached hydrogens (tertiary/aromatic N) is 3. The molecule has 4 atom stereocenters. The molecule has 2 N–H and O–H groups in total. The highest BCUT2D eigenvalue weighted by Crippen LogP contribution is 2.49. The second kappa shape index (κ2) is 15.6. The Morgan fingerprint density at radius 2 is 1.65 bits per heavy atom. The minimum atomic E-state index is -0.592. The van der Waals surface area contributed by atoms with Gasteiger partial charge in [-0.1, -0.05) is 48.5 Å². The van der Waals surface area contributed by atoms with E-state index in [1.807, 2.05) is 24.3 Å². The van der Waals surface area contributed by atoms with Crippen LogP contribution in [0.2, 0.25) is 0 Å².